The van der Waals surface area contributed by atoms with Gasteiger partial charge in [0, 0.05) is 30.4 Å². The van der Waals surface area contributed by atoms with Crippen LogP contribution in [0.1, 0.15) is 41.9 Å². The number of rotatable bonds is 10. The van der Waals surface area contributed by atoms with Gasteiger partial charge in [-0.2, -0.15) is 0 Å². The van der Waals surface area contributed by atoms with Gasteiger partial charge < -0.3 is 5.32 Å². The van der Waals surface area contributed by atoms with E-state index in [9.17, 15) is 18.0 Å². The van der Waals surface area contributed by atoms with E-state index in [1.165, 1.54) is 0 Å². The lowest BCUT2D eigenvalue weighted by atomic mass is 10.1. The van der Waals surface area contributed by atoms with Crippen LogP contribution < -0.4 is 10.0 Å². The first-order valence-electron chi connectivity index (χ1n) is 9.55. The maximum atomic E-state index is 12.2. The molecule has 0 saturated heterocycles. The van der Waals surface area contributed by atoms with E-state index < -0.39 is 15.9 Å². The van der Waals surface area contributed by atoms with Crippen LogP contribution in [-0.2, 0) is 27.7 Å². The van der Waals surface area contributed by atoms with E-state index in [1.807, 2.05) is 35.1 Å². The van der Waals surface area contributed by atoms with Crippen molar-refractivity contribution in [3.8, 4) is 0 Å². The minimum absolute atomic E-state index is 0.0746. The van der Waals surface area contributed by atoms with E-state index in [0.29, 0.717) is 17.9 Å². The average Bonchev–Trinajstić information content (AvgIpc) is 2.66. The lowest BCUT2D eigenvalue weighted by molar-refractivity contribution is -0.119. The number of aromatic nitrogens is 1. The van der Waals surface area contributed by atoms with Crippen molar-refractivity contribution >= 4 is 21.8 Å². The lowest BCUT2D eigenvalue weighted by Gasteiger charge is -2.09. The molecule has 0 unspecified atom stereocenters. The maximum absolute atomic E-state index is 12.2. The molecular weight excluding hydrogens is 390 g/mol. The number of carbonyl (C=O) groups excluding carboxylic acids is 2. The van der Waals surface area contributed by atoms with Gasteiger partial charge in [0.25, 0.3) is 5.91 Å². The molecule has 0 spiro atoms. The number of amides is 2. The Balaban J connectivity index is 1.78. The fourth-order valence-electron chi connectivity index (χ4n) is 2.73. The molecule has 0 aliphatic heterocycles. The van der Waals surface area contributed by atoms with Crippen molar-refractivity contribution in [2.45, 2.75) is 33.1 Å². The Morgan fingerprint density at radius 1 is 1.10 bits per heavy atom. The maximum Gasteiger partial charge on any atom is 0.251 e. The van der Waals surface area contributed by atoms with Gasteiger partial charge in [-0.1, -0.05) is 44.2 Å². The van der Waals surface area contributed by atoms with Crippen LogP contribution in [0, 0.1) is 5.92 Å². The Morgan fingerprint density at radius 2 is 1.83 bits per heavy atom. The second-order valence-corrected chi connectivity index (χ2v) is 9.06. The second-order valence-electron chi connectivity index (χ2n) is 7.22. The zero-order valence-electron chi connectivity index (χ0n) is 16.7. The summed E-state index contributed by atoms with van der Waals surface area (Å²) in [5.41, 5.74) is 2.20. The first-order chi connectivity index (χ1) is 13.7. The van der Waals surface area contributed by atoms with Crippen molar-refractivity contribution in [2.75, 3.05) is 12.3 Å². The molecule has 2 N–H and O–H groups in total. The van der Waals surface area contributed by atoms with Crippen LogP contribution in [0.5, 0.6) is 0 Å². The van der Waals surface area contributed by atoms with Crippen LogP contribution in [0.25, 0.3) is 0 Å². The van der Waals surface area contributed by atoms with E-state index in [-0.39, 0.29) is 24.6 Å². The number of nitrogens with one attached hydrogen (secondary N) is 2. The predicted molar refractivity (Wildman–Crippen MR) is 112 cm³/mol. The highest BCUT2D eigenvalue weighted by Crippen LogP contribution is 2.08. The van der Waals surface area contributed by atoms with Gasteiger partial charge in [0.1, 0.15) is 0 Å². The Hall–Kier alpha value is -2.74. The summed E-state index contributed by atoms with van der Waals surface area (Å²) in [5.74, 6) is -0.896. The molecule has 1 aromatic carbocycles. The zero-order valence-corrected chi connectivity index (χ0v) is 17.5. The fraction of sp³-hybridized carbons (Fsp3) is 0.381. The molecule has 156 valence electrons. The van der Waals surface area contributed by atoms with Crippen LogP contribution in [0.4, 0.5) is 0 Å². The number of hydrogen-bond donors (Lipinski definition) is 2. The van der Waals surface area contributed by atoms with Crippen molar-refractivity contribution in [1.29, 1.82) is 0 Å². The highest BCUT2D eigenvalue weighted by molar-refractivity contribution is 7.90. The predicted octanol–water partition coefficient (Wildman–Crippen LogP) is 2.09. The molecule has 0 aliphatic carbocycles. The Morgan fingerprint density at radius 3 is 2.52 bits per heavy atom. The molecule has 7 nitrogen and oxygen atoms in total. The molecule has 0 aliphatic rings. The van der Waals surface area contributed by atoms with E-state index in [4.69, 9.17) is 0 Å². The molecule has 1 aromatic heterocycles. The lowest BCUT2D eigenvalue weighted by Crippen LogP contribution is -2.37. The molecule has 8 heteroatoms. The van der Waals surface area contributed by atoms with E-state index >= 15 is 0 Å². The number of pyridine rings is 1. The Bertz CT molecular complexity index is 928. The normalized spacial score (nSPS) is 11.3. The van der Waals surface area contributed by atoms with E-state index in [2.05, 4.69) is 24.1 Å². The van der Waals surface area contributed by atoms with Gasteiger partial charge in [-0.15, -0.1) is 0 Å². The summed E-state index contributed by atoms with van der Waals surface area (Å²) < 4.78 is 26.1. The topological polar surface area (TPSA) is 105 Å². The minimum Gasteiger partial charge on any atom is -0.351 e. The summed E-state index contributed by atoms with van der Waals surface area (Å²) in [7, 11) is -3.81. The largest absolute Gasteiger partial charge is 0.351 e. The van der Waals surface area contributed by atoms with Crippen molar-refractivity contribution in [3.05, 3.63) is 65.5 Å². The standard InChI is InChI=1S/C21H27N3O4S/c1-16(2)14-19-15-18(10-11-22-19)21(26)23-12-13-29(27,28)24-20(25)9-8-17-6-4-3-5-7-17/h3-7,10-11,15-16H,8-9,12-14H2,1-2H3,(H,23,26)(H,24,25). The van der Waals surface area contributed by atoms with Crippen molar-refractivity contribution in [2.24, 2.45) is 5.92 Å². The number of sulfonamides is 1. The third kappa shape index (κ3) is 8.43. The van der Waals surface area contributed by atoms with Crippen LogP contribution in [0.3, 0.4) is 0 Å². The van der Waals surface area contributed by atoms with Gasteiger partial charge in [0.2, 0.25) is 15.9 Å². The Labute approximate surface area is 172 Å². The number of benzene rings is 1. The molecule has 1 heterocycles. The summed E-state index contributed by atoms with van der Waals surface area (Å²) in [4.78, 5) is 28.4. The summed E-state index contributed by atoms with van der Waals surface area (Å²) in [6, 6.07) is 12.6. The van der Waals surface area contributed by atoms with E-state index in [0.717, 1.165) is 17.7 Å². The van der Waals surface area contributed by atoms with Gasteiger partial charge in [-0.3, -0.25) is 19.3 Å². The molecule has 0 bridgehead atoms. The summed E-state index contributed by atoms with van der Waals surface area (Å²) in [5, 5.41) is 2.57. The fourth-order valence-corrected chi connectivity index (χ4v) is 3.65. The van der Waals surface area contributed by atoms with Crippen molar-refractivity contribution < 1.29 is 18.0 Å². The van der Waals surface area contributed by atoms with Crippen LogP contribution in [0.15, 0.2) is 48.7 Å². The second kappa shape index (κ2) is 10.7. The minimum atomic E-state index is -3.81. The highest BCUT2D eigenvalue weighted by Gasteiger charge is 2.15. The number of carbonyl (C=O) groups is 2. The third-order valence-corrected chi connectivity index (χ3v) is 5.39. The molecule has 2 rings (SSSR count). The van der Waals surface area contributed by atoms with Gasteiger partial charge in [0.15, 0.2) is 0 Å². The number of nitrogens with zero attached hydrogens (tertiary/aromatic N) is 1. The smallest absolute Gasteiger partial charge is 0.251 e. The molecule has 0 radical (unpaired) electrons. The monoisotopic (exact) mass is 417 g/mol. The van der Waals surface area contributed by atoms with Crippen LogP contribution in [-0.4, -0.2) is 37.5 Å². The first-order valence-corrected chi connectivity index (χ1v) is 11.2. The number of aryl methyl sites for hydroxylation is 1. The molecule has 0 fully saturated rings. The van der Waals surface area contributed by atoms with Gasteiger partial charge in [0.05, 0.1) is 5.75 Å². The Kier molecular flexibility index (Phi) is 8.33. The average molecular weight is 418 g/mol. The molecular formula is C21H27N3O4S. The van der Waals surface area contributed by atoms with Gasteiger partial charge in [-0.25, -0.2) is 8.42 Å². The molecule has 2 amide bonds. The van der Waals surface area contributed by atoms with Gasteiger partial charge in [-0.05, 0) is 36.5 Å². The summed E-state index contributed by atoms with van der Waals surface area (Å²) in [6.45, 7) is 4.03. The first kappa shape index (κ1) is 22.5. The third-order valence-electron chi connectivity index (χ3n) is 4.11. The molecule has 2 aromatic rings. The quantitative estimate of drug-likeness (QED) is 0.616. The highest BCUT2D eigenvalue weighted by atomic mass is 32.2. The van der Waals surface area contributed by atoms with Crippen molar-refractivity contribution in [1.82, 2.24) is 15.0 Å². The summed E-state index contributed by atoms with van der Waals surface area (Å²) >= 11 is 0. The summed E-state index contributed by atoms with van der Waals surface area (Å²) in [6.07, 6.45) is 2.85. The van der Waals surface area contributed by atoms with Crippen LogP contribution >= 0.6 is 0 Å². The van der Waals surface area contributed by atoms with Crippen LogP contribution in [0.2, 0.25) is 0 Å². The van der Waals surface area contributed by atoms with Gasteiger partial charge >= 0.3 is 0 Å². The van der Waals surface area contributed by atoms with E-state index in [1.54, 1.807) is 18.3 Å². The zero-order chi connectivity index (χ0) is 21.3. The molecule has 0 saturated carbocycles. The number of hydrogen-bond acceptors (Lipinski definition) is 5. The molecule has 29 heavy (non-hydrogen) atoms. The molecule has 0 atom stereocenters. The van der Waals surface area contributed by atoms with Crippen molar-refractivity contribution in [3.63, 3.8) is 0 Å². The SMILES string of the molecule is CC(C)Cc1cc(C(=O)NCCS(=O)(=O)NC(=O)CCc2ccccc2)ccn1.